The number of aromatic nitrogens is 1. The lowest BCUT2D eigenvalue weighted by molar-refractivity contribution is -0.385. The number of methoxy groups -OCH3 is 1. The van der Waals surface area contributed by atoms with Crippen LogP contribution in [-0.4, -0.2) is 30.3 Å². The number of hydrogen-bond donors (Lipinski definition) is 1. The molecule has 21 heavy (non-hydrogen) atoms. The number of nitrogens with one attached hydrogen (secondary N) is 1. The molecule has 2 aromatic rings. The van der Waals surface area contributed by atoms with Crippen LogP contribution in [0.1, 0.15) is 11.1 Å². The van der Waals surface area contributed by atoms with Gasteiger partial charge in [0.05, 0.1) is 17.7 Å². The van der Waals surface area contributed by atoms with Gasteiger partial charge in [0.15, 0.2) is 5.76 Å². The zero-order valence-corrected chi connectivity index (χ0v) is 12.0. The van der Waals surface area contributed by atoms with Gasteiger partial charge in [0.1, 0.15) is 0 Å². The number of nitrogens with zero attached hydrogens (tertiary/aromatic N) is 2. The number of aryl methyl sites for hydroxylation is 1. The fourth-order valence-corrected chi connectivity index (χ4v) is 1.97. The fraction of sp³-hybridized carbons (Fsp3) is 0.357. The Kier molecular flexibility index (Phi) is 5.02. The summed E-state index contributed by atoms with van der Waals surface area (Å²) in [7, 11) is 1.64. The summed E-state index contributed by atoms with van der Waals surface area (Å²) >= 11 is 0. The Morgan fingerprint density at radius 3 is 3.00 bits per heavy atom. The van der Waals surface area contributed by atoms with Crippen LogP contribution in [0.4, 0.5) is 5.69 Å². The van der Waals surface area contributed by atoms with Crippen LogP contribution in [-0.2, 0) is 11.3 Å². The van der Waals surface area contributed by atoms with Crippen LogP contribution in [0.2, 0.25) is 0 Å². The average molecular weight is 291 g/mol. The first kappa shape index (κ1) is 15.1. The van der Waals surface area contributed by atoms with E-state index in [0.29, 0.717) is 36.6 Å². The third-order valence-corrected chi connectivity index (χ3v) is 3.11. The number of benzene rings is 1. The molecule has 0 unspecified atom stereocenters. The Bertz CT molecular complexity index is 624. The van der Waals surface area contributed by atoms with Crippen molar-refractivity contribution in [2.24, 2.45) is 0 Å². The highest BCUT2D eigenvalue weighted by molar-refractivity contribution is 5.65. The van der Waals surface area contributed by atoms with Crippen LogP contribution in [0.3, 0.4) is 0 Å². The number of ether oxygens (including phenoxy) is 1. The lowest BCUT2D eigenvalue weighted by atomic mass is 10.1. The highest BCUT2D eigenvalue weighted by Crippen LogP contribution is 2.29. The molecule has 0 fully saturated rings. The first-order chi connectivity index (χ1) is 10.1. The molecule has 1 heterocycles. The maximum Gasteiger partial charge on any atom is 0.273 e. The normalized spacial score (nSPS) is 10.8. The van der Waals surface area contributed by atoms with E-state index in [4.69, 9.17) is 9.26 Å². The first-order valence-electron chi connectivity index (χ1n) is 6.52. The van der Waals surface area contributed by atoms with E-state index >= 15 is 0 Å². The van der Waals surface area contributed by atoms with E-state index in [0.717, 1.165) is 5.56 Å². The molecular weight excluding hydrogens is 274 g/mol. The monoisotopic (exact) mass is 291 g/mol. The molecule has 1 aromatic carbocycles. The van der Waals surface area contributed by atoms with Crippen molar-refractivity contribution in [1.82, 2.24) is 10.5 Å². The van der Waals surface area contributed by atoms with Crippen molar-refractivity contribution in [1.29, 1.82) is 0 Å². The minimum Gasteiger partial charge on any atom is -0.383 e. The quantitative estimate of drug-likeness (QED) is 0.478. The summed E-state index contributed by atoms with van der Waals surface area (Å²) in [4.78, 5) is 10.6. The predicted octanol–water partition coefficient (Wildman–Crippen LogP) is 2.29. The first-order valence-corrected chi connectivity index (χ1v) is 6.52. The summed E-state index contributed by atoms with van der Waals surface area (Å²) in [5.74, 6) is 0.544. The largest absolute Gasteiger partial charge is 0.383 e. The minimum atomic E-state index is -0.397. The van der Waals surface area contributed by atoms with E-state index in [1.807, 2.05) is 0 Å². The van der Waals surface area contributed by atoms with Crippen molar-refractivity contribution in [3.8, 4) is 11.3 Å². The van der Waals surface area contributed by atoms with E-state index in [1.165, 1.54) is 6.07 Å². The van der Waals surface area contributed by atoms with Gasteiger partial charge < -0.3 is 14.6 Å². The van der Waals surface area contributed by atoms with E-state index in [9.17, 15) is 10.1 Å². The zero-order valence-electron chi connectivity index (χ0n) is 12.0. The summed E-state index contributed by atoms with van der Waals surface area (Å²) in [6.45, 7) is 3.57. The second kappa shape index (κ2) is 6.96. The molecular formula is C14H17N3O4. The van der Waals surface area contributed by atoms with Crippen LogP contribution < -0.4 is 5.32 Å². The van der Waals surface area contributed by atoms with Gasteiger partial charge in [-0.25, -0.2) is 0 Å². The van der Waals surface area contributed by atoms with Gasteiger partial charge in [-0.05, 0) is 6.92 Å². The third-order valence-electron chi connectivity index (χ3n) is 3.11. The van der Waals surface area contributed by atoms with Crippen molar-refractivity contribution >= 4 is 5.69 Å². The van der Waals surface area contributed by atoms with E-state index in [-0.39, 0.29) is 5.69 Å². The summed E-state index contributed by atoms with van der Waals surface area (Å²) < 4.78 is 10.2. The molecule has 7 nitrogen and oxygen atoms in total. The lowest BCUT2D eigenvalue weighted by Gasteiger charge is -2.05. The van der Waals surface area contributed by atoms with Crippen molar-refractivity contribution in [3.63, 3.8) is 0 Å². The Morgan fingerprint density at radius 1 is 1.48 bits per heavy atom. The van der Waals surface area contributed by atoms with E-state index in [1.54, 1.807) is 32.4 Å². The van der Waals surface area contributed by atoms with Crippen LogP contribution in [0.25, 0.3) is 11.3 Å². The molecule has 0 spiro atoms. The SMILES string of the molecule is COCCNCc1cnoc1-c1ccc(C)c([N+](=O)[O-])c1. The van der Waals surface area contributed by atoms with Gasteiger partial charge in [0.25, 0.3) is 5.69 Å². The van der Waals surface area contributed by atoms with Crippen molar-refractivity contribution in [2.75, 3.05) is 20.3 Å². The minimum absolute atomic E-state index is 0.0715. The van der Waals surface area contributed by atoms with Gasteiger partial charge in [-0.15, -0.1) is 0 Å². The third kappa shape index (κ3) is 3.65. The Morgan fingerprint density at radius 2 is 2.29 bits per heavy atom. The molecule has 0 radical (unpaired) electrons. The smallest absolute Gasteiger partial charge is 0.273 e. The fourth-order valence-electron chi connectivity index (χ4n) is 1.97. The van der Waals surface area contributed by atoms with E-state index < -0.39 is 4.92 Å². The van der Waals surface area contributed by atoms with Gasteiger partial charge in [0, 0.05) is 43.0 Å². The molecule has 0 aliphatic rings. The predicted molar refractivity (Wildman–Crippen MR) is 76.9 cm³/mol. The van der Waals surface area contributed by atoms with Crippen LogP contribution >= 0.6 is 0 Å². The lowest BCUT2D eigenvalue weighted by Crippen LogP contribution is -2.18. The maximum absolute atomic E-state index is 11.0. The topological polar surface area (TPSA) is 90.4 Å². The maximum atomic E-state index is 11.0. The van der Waals surface area contributed by atoms with Crippen molar-refractivity contribution < 1.29 is 14.2 Å². The van der Waals surface area contributed by atoms with Crippen molar-refractivity contribution in [3.05, 3.63) is 45.6 Å². The number of rotatable bonds is 7. The van der Waals surface area contributed by atoms with E-state index in [2.05, 4.69) is 10.5 Å². The van der Waals surface area contributed by atoms with Gasteiger partial charge >= 0.3 is 0 Å². The molecule has 0 aliphatic carbocycles. The Labute approximate surface area is 122 Å². The molecule has 0 bridgehead atoms. The van der Waals surface area contributed by atoms with Gasteiger partial charge in [-0.1, -0.05) is 17.3 Å². The second-order valence-electron chi connectivity index (χ2n) is 4.61. The Hall–Kier alpha value is -2.25. The summed E-state index contributed by atoms with van der Waals surface area (Å²) in [5, 5.41) is 18.0. The molecule has 0 amide bonds. The van der Waals surface area contributed by atoms with Crippen LogP contribution in [0.5, 0.6) is 0 Å². The summed E-state index contributed by atoms with van der Waals surface area (Å²) in [6, 6.07) is 5.01. The zero-order chi connectivity index (χ0) is 15.2. The molecule has 0 saturated carbocycles. The average Bonchev–Trinajstić information content (AvgIpc) is 2.92. The molecule has 0 atom stereocenters. The highest BCUT2D eigenvalue weighted by atomic mass is 16.6. The molecule has 7 heteroatoms. The van der Waals surface area contributed by atoms with Gasteiger partial charge in [-0.2, -0.15) is 0 Å². The molecule has 112 valence electrons. The van der Waals surface area contributed by atoms with Gasteiger partial charge in [0.2, 0.25) is 0 Å². The Balaban J connectivity index is 2.21. The number of hydrogen-bond acceptors (Lipinski definition) is 6. The van der Waals surface area contributed by atoms with Gasteiger partial charge in [-0.3, -0.25) is 10.1 Å². The number of nitro benzene ring substituents is 1. The highest BCUT2D eigenvalue weighted by Gasteiger charge is 2.16. The van der Waals surface area contributed by atoms with Crippen molar-refractivity contribution in [2.45, 2.75) is 13.5 Å². The molecule has 0 saturated heterocycles. The number of nitro groups is 1. The molecule has 0 aliphatic heterocycles. The second-order valence-corrected chi connectivity index (χ2v) is 4.61. The van der Waals surface area contributed by atoms with Crippen LogP contribution in [0, 0.1) is 17.0 Å². The summed E-state index contributed by atoms with van der Waals surface area (Å²) in [5.41, 5.74) is 2.18. The van der Waals surface area contributed by atoms with Crippen LogP contribution in [0.15, 0.2) is 28.9 Å². The molecule has 2 rings (SSSR count). The molecule has 1 N–H and O–H groups in total. The standard InChI is InChI=1S/C14H17N3O4/c1-10-3-4-11(7-13(10)17(18)19)14-12(9-16-21-14)8-15-5-6-20-2/h3-4,7,9,15H,5-6,8H2,1-2H3. The summed E-state index contributed by atoms with van der Waals surface area (Å²) in [6.07, 6.45) is 1.61. The molecule has 1 aromatic heterocycles.